The van der Waals surface area contributed by atoms with Crippen LogP contribution in [0.5, 0.6) is 5.75 Å². The molecule has 1 heterocycles. The van der Waals surface area contributed by atoms with Gasteiger partial charge in [0.1, 0.15) is 18.0 Å². The van der Waals surface area contributed by atoms with E-state index in [0.29, 0.717) is 5.69 Å². The van der Waals surface area contributed by atoms with Crippen LogP contribution in [0.25, 0.3) is 27.7 Å². The van der Waals surface area contributed by atoms with Crippen molar-refractivity contribution in [3.05, 3.63) is 114 Å². The summed E-state index contributed by atoms with van der Waals surface area (Å²) in [5.74, 6) is 0.673. The van der Waals surface area contributed by atoms with Crippen LogP contribution in [0.4, 0.5) is 0 Å². The van der Waals surface area contributed by atoms with Crippen molar-refractivity contribution >= 4 is 22.3 Å². The van der Waals surface area contributed by atoms with Gasteiger partial charge in [-0.25, -0.2) is 4.68 Å². The third-order valence-electron chi connectivity index (χ3n) is 6.01. The molecule has 0 amide bonds. The number of aromatic nitrogens is 2. The van der Waals surface area contributed by atoms with Gasteiger partial charge < -0.3 is 4.74 Å². The van der Waals surface area contributed by atoms with Gasteiger partial charge in [-0.05, 0) is 71.8 Å². The summed E-state index contributed by atoms with van der Waals surface area (Å²) in [6.45, 7) is 1.98. The molecule has 35 heavy (non-hydrogen) atoms. The number of carbonyl (C=O) groups is 1. The molecule has 0 N–H and O–H groups in total. The molecule has 5 rings (SSSR count). The Kier molecular flexibility index (Phi) is 6.22. The van der Waals surface area contributed by atoms with E-state index in [9.17, 15) is 4.79 Å². The van der Waals surface area contributed by atoms with E-state index in [1.54, 1.807) is 11.8 Å². The second-order valence-electron chi connectivity index (χ2n) is 8.28. The minimum atomic E-state index is -0.0961. The fourth-order valence-electron chi connectivity index (χ4n) is 4.03. The van der Waals surface area contributed by atoms with Gasteiger partial charge in [0.05, 0.1) is 18.5 Å². The summed E-state index contributed by atoms with van der Waals surface area (Å²) in [7, 11) is 1.64. The number of nitrogens with zero attached hydrogens (tertiary/aromatic N) is 3. The van der Waals surface area contributed by atoms with Crippen LogP contribution in [-0.4, -0.2) is 34.9 Å². The number of ether oxygens (including phenoxy) is 1. The number of aliphatic imine (C=N–C) groups is 1. The molecule has 5 heteroatoms. The number of rotatable bonds is 7. The normalized spacial score (nSPS) is 11.5. The highest BCUT2D eigenvalue weighted by atomic mass is 16.5. The van der Waals surface area contributed by atoms with Crippen LogP contribution in [0.2, 0.25) is 0 Å². The number of carbonyl (C=O) groups excluding carboxylic acids is 1. The van der Waals surface area contributed by atoms with Crippen molar-refractivity contribution in [2.24, 2.45) is 4.99 Å². The fraction of sp³-hybridized carbons (Fsp3) is 0.100. The third kappa shape index (κ3) is 4.75. The van der Waals surface area contributed by atoms with Gasteiger partial charge in [0.2, 0.25) is 5.78 Å². The number of hydrogen-bond acceptors (Lipinski definition) is 4. The maximum absolute atomic E-state index is 13.3. The van der Waals surface area contributed by atoms with E-state index in [1.165, 1.54) is 5.39 Å². The summed E-state index contributed by atoms with van der Waals surface area (Å²) < 4.78 is 6.96. The molecule has 0 unspecified atom stereocenters. The van der Waals surface area contributed by atoms with E-state index in [2.05, 4.69) is 29.3 Å². The lowest BCUT2D eigenvalue weighted by atomic mass is 10.0. The summed E-state index contributed by atoms with van der Waals surface area (Å²) >= 11 is 0. The Hall–Kier alpha value is -4.51. The number of methoxy groups -OCH3 is 1. The van der Waals surface area contributed by atoms with Crippen molar-refractivity contribution in [1.29, 1.82) is 0 Å². The molecule has 0 atom stereocenters. The average molecular weight is 460 g/mol. The smallest absolute Gasteiger partial charge is 0.202 e. The number of para-hydroxylation sites is 1. The number of ketones is 1. The van der Waals surface area contributed by atoms with E-state index in [4.69, 9.17) is 9.84 Å². The SMILES string of the molecule is COc1ccc(-c2cc(C(=O)CN=C(C)c3ccc4ccccc4c3)n(-c3ccccc3)n2)cc1. The molecule has 1 aromatic heterocycles. The highest BCUT2D eigenvalue weighted by Gasteiger charge is 2.17. The van der Waals surface area contributed by atoms with Crippen LogP contribution in [0.1, 0.15) is 23.0 Å². The van der Waals surface area contributed by atoms with Gasteiger partial charge in [-0.3, -0.25) is 9.79 Å². The molecule has 5 nitrogen and oxygen atoms in total. The summed E-state index contributed by atoms with van der Waals surface area (Å²) in [5.41, 5.74) is 4.78. The van der Waals surface area contributed by atoms with Gasteiger partial charge in [-0.1, -0.05) is 54.6 Å². The first-order chi connectivity index (χ1) is 17.1. The highest BCUT2D eigenvalue weighted by molar-refractivity contribution is 6.04. The van der Waals surface area contributed by atoms with Gasteiger partial charge in [0, 0.05) is 11.3 Å². The lowest BCUT2D eigenvalue weighted by molar-refractivity contribution is 0.0994. The van der Waals surface area contributed by atoms with Crippen molar-refractivity contribution in [3.8, 4) is 22.7 Å². The zero-order valence-corrected chi connectivity index (χ0v) is 19.7. The minimum Gasteiger partial charge on any atom is -0.497 e. The zero-order chi connectivity index (χ0) is 24.2. The molecule has 0 radical (unpaired) electrons. The lowest BCUT2D eigenvalue weighted by Crippen LogP contribution is -2.12. The lowest BCUT2D eigenvalue weighted by Gasteiger charge is -2.06. The van der Waals surface area contributed by atoms with E-state index in [1.807, 2.05) is 85.8 Å². The van der Waals surface area contributed by atoms with Crippen LogP contribution in [0.15, 0.2) is 108 Å². The van der Waals surface area contributed by atoms with Gasteiger partial charge in [0.15, 0.2) is 0 Å². The van der Waals surface area contributed by atoms with Crippen LogP contribution < -0.4 is 4.74 Å². The summed E-state index contributed by atoms with van der Waals surface area (Å²) in [6, 6.07) is 33.6. The first-order valence-corrected chi connectivity index (χ1v) is 11.5. The van der Waals surface area contributed by atoms with E-state index in [-0.39, 0.29) is 12.3 Å². The van der Waals surface area contributed by atoms with Gasteiger partial charge >= 0.3 is 0 Å². The van der Waals surface area contributed by atoms with Crippen molar-refractivity contribution in [1.82, 2.24) is 9.78 Å². The Morgan fingerprint density at radius 3 is 2.31 bits per heavy atom. The Bertz CT molecular complexity index is 1520. The molecule has 172 valence electrons. The Morgan fingerprint density at radius 1 is 0.857 bits per heavy atom. The molecule has 0 saturated heterocycles. The maximum atomic E-state index is 13.3. The van der Waals surface area contributed by atoms with Crippen LogP contribution in [0, 0.1) is 0 Å². The highest BCUT2D eigenvalue weighted by Crippen LogP contribution is 2.24. The maximum Gasteiger partial charge on any atom is 0.202 e. The molecule has 0 aliphatic carbocycles. The van der Waals surface area contributed by atoms with E-state index >= 15 is 0 Å². The molecule has 0 spiro atoms. The molecule has 4 aromatic carbocycles. The van der Waals surface area contributed by atoms with Gasteiger partial charge in [-0.15, -0.1) is 0 Å². The van der Waals surface area contributed by atoms with Crippen molar-refractivity contribution in [2.75, 3.05) is 13.7 Å². The second-order valence-corrected chi connectivity index (χ2v) is 8.28. The van der Waals surface area contributed by atoms with Gasteiger partial charge in [-0.2, -0.15) is 5.10 Å². The number of fused-ring (bicyclic) bond motifs is 1. The molecule has 0 saturated carbocycles. The second kappa shape index (κ2) is 9.77. The van der Waals surface area contributed by atoms with Crippen LogP contribution in [-0.2, 0) is 0 Å². The molecule has 0 bridgehead atoms. The zero-order valence-electron chi connectivity index (χ0n) is 19.7. The summed E-state index contributed by atoms with van der Waals surface area (Å²) in [6.07, 6.45) is 0. The quantitative estimate of drug-likeness (QED) is 0.209. The monoisotopic (exact) mass is 459 g/mol. The van der Waals surface area contributed by atoms with E-state index in [0.717, 1.165) is 39.4 Å². The Morgan fingerprint density at radius 2 is 1.57 bits per heavy atom. The van der Waals surface area contributed by atoms with Crippen molar-refractivity contribution in [2.45, 2.75) is 6.92 Å². The largest absolute Gasteiger partial charge is 0.497 e. The van der Waals surface area contributed by atoms with Crippen LogP contribution in [0.3, 0.4) is 0 Å². The predicted molar refractivity (Wildman–Crippen MR) is 141 cm³/mol. The molecule has 5 aromatic rings. The first-order valence-electron chi connectivity index (χ1n) is 11.5. The van der Waals surface area contributed by atoms with E-state index < -0.39 is 0 Å². The number of hydrogen-bond donors (Lipinski definition) is 0. The molecular weight excluding hydrogens is 434 g/mol. The molecule has 0 aliphatic heterocycles. The van der Waals surface area contributed by atoms with Crippen molar-refractivity contribution in [3.63, 3.8) is 0 Å². The molecular formula is C30H25N3O2. The summed E-state index contributed by atoms with van der Waals surface area (Å²) in [4.78, 5) is 18.0. The molecule has 0 aliphatic rings. The predicted octanol–water partition coefficient (Wildman–Crippen LogP) is 6.39. The fourth-order valence-corrected chi connectivity index (χ4v) is 4.03. The topological polar surface area (TPSA) is 56.5 Å². The summed E-state index contributed by atoms with van der Waals surface area (Å²) in [5, 5.41) is 7.08. The third-order valence-corrected chi connectivity index (χ3v) is 6.01. The number of Topliss-reactive ketones (excluding diaryl/α,β-unsaturated/α-hetero) is 1. The Balaban J connectivity index is 1.46. The number of benzene rings is 4. The first kappa shape index (κ1) is 22.3. The minimum absolute atomic E-state index is 0.0409. The standard InChI is InChI=1S/C30H25N3O2/c1-21(24-13-12-22-8-6-7-9-25(22)18-24)31-20-30(34)29-19-28(23-14-16-27(35-2)17-15-23)32-33(29)26-10-4-3-5-11-26/h3-19H,20H2,1-2H3. The van der Waals surface area contributed by atoms with Crippen LogP contribution >= 0.6 is 0 Å². The Labute approximate surface area is 204 Å². The van der Waals surface area contributed by atoms with Crippen molar-refractivity contribution < 1.29 is 9.53 Å². The van der Waals surface area contributed by atoms with Gasteiger partial charge in [0.25, 0.3) is 0 Å². The average Bonchev–Trinajstić information content (AvgIpc) is 3.37. The molecule has 0 fully saturated rings.